The van der Waals surface area contributed by atoms with Crippen LogP contribution in [0.1, 0.15) is 68.5 Å². The molecule has 1 amide bonds. The average molecular weight is 525 g/mol. The number of hydrogen-bond donors (Lipinski definition) is 1. The molecule has 6 heteroatoms. The van der Waals surface area contributed by atoms with Crippen LogP contribution in [0.15, 0.2) is 84.1 Å². The summed E-state index contributed by atoms with van der Waals surface area (Å²) in [6.45, 7) is 2.13. The molecule has 0 saturated heterocycles. The summed E-state index contributed by atoms with van der Waals surface area (Å²) in [6, 6.07) is 23.0. The zero-order chi connectivity index (χ0) is 27.4. The fraction of sp³-hybridized carbons (Fsp3) is 0.333. The third-order valence-corrected chi connectivity index (χ3v) is 7.77. The quantitative estimate of drug-likeness (QED) is 0.316. The van der Waals surface area contributed by atoms with Crippen LogP contribution < -0.4 is 19.7 Å². The second-order valence-electron chi connectivity index (χ2n) is 10.2. The lowest BCUT2D eigenvalue weighted by atomic mass is 9.78. The van der Waals surface area contributed by atoms with E-state index in [1.165, 1.54) is 0 Å². The van der Waals surface area contributed by atoms with E-state index in [2.05, 4.69) is 12.2 Å². The van der Waals surface area contributed by atoms with Gasteiger partial charge in [-0.2, -0.15) is 0 Å². The van der Waals surface area contributed by atoms with Crippen LogP contribution in [-0.2, 0) is 9.59 Å². The lowest BCUT2D eigenvalue weighted by molar-refractivity contribution is -0.119. The van der Waals surface area contributed by atoms with Crippen molar-refractivity contribution >= 4 is 23.1 Å². The molecule has 0 aromatic heterocycles. The molecule has 2 aliphatic rings. The number of fused-ring (bicyclic) bond motifs is 1. The number of allylic oxidation sites excluding steroid dienone is 1. The van der Waals surface area contributed by atoms with Crippen molar-refractivity contribution in [3.63, 3.8) is 0 Å². The first-order valence-corrected chi connectivity index (χ1v) is 13.8. The second kappa shape index (κ2) is 11.8. The third-order valence-electron chi connectivity index (χ3n) is 7.77. The fourth-order valence-corrected chi connectivity index (χ4v) is 5.73. The van der Waals surface area contributed by atoms with Gasteiger partial charge in [-0.1, -0.05) is 56.2 Å². The number of ether oxygens (including phenoxy) is 2. The van der Waals surface area contributed by atoms with Crippen LogP contribution in [0.3, 0.4) is 0 Å². The Hall–Kier alpha value is -4.06. The number of methoxy groups -OCH3 is 2. The minimum absolute atomic E-state index is 0.0253. The normalized spacial score (nSPS) is 18.5. The first kappa shape index (κ1) is 26.5. The van der Waals surface area contributed by atoms with Gasteiger partial charge in [-0.3, -0.25) is 14.5 Å². The number of para-hydroxylation sites is 2. The number of nitrogens with one attached hydrogen (secondary N) is 1. The summed E-state index contributed by atoms with van der Waals surface area (Å²) in [4.78, 5) is 29.9. The number of ketones is 1. The van der Waals surface area contributed by atoms with Gasteiger partial charge in [0.1, 0.15) is 11.5 Å². The van der Waals surface area contributed by atoms with Crippen LogP contribution in [0.4, 0.5) is 11.4 Å². The molecule has 39 heavy (non-hydrogen) atoms. The first-order chi connectivity index (χ1) is 19.0. The molecule has 1 aliphatic carbocycles. The van der Waals surface area contributed by atoms with Crippen LogP contribution in [0, 0.1) is 0 Å². The number of rotatable bonds is 8. The molecule has 0 unspecified atom stereocenters. The van der Waals surface area contributed by atoms with Gasteiger partial charge in [-0.15, -0.1) is 0 Å². The number of unbranched alkanes of at least 4 members (excludes halogenated alkanes) is 2. The molecule has 1 N–H and O–H groups in total. The summed E-state index contributed by atoms with van der Waals surface area (Å²) >= 11 is 0. The highest BCUT2D eigenvalue weighted by Crippen LogP contribution is 2.47. The van der Waals surface area contributed by atoms with Crippen molar-refractivity contribution in [2.45, 2.75) is 57.4 Å². The maximum atomic E-state index is 14.1. The van der Waals surface area contributed by atoms with Crippen molar-refractivity contribution in [1.82, 2.24) is 0 Å². The molecular weight excluding hydrogens is 488 g/mol. The minimum Gasteiger partial charge on any atom is -0.497 e. The van der Waals surface area contributed by atoms with E-state index >= 15 is 0 Å². The first-order valence-electron chi connectivity index (χ1n) is 13.8. The Labute approximate surface area is 230 Å². The molecule has 6 nitrogen and oxygen atoms in total. The SMILES string of the molecule is CCCCCC(=O)N1c2ccccc2NC2=C(C(=O)C[C@@H](c3ccc(OC)cc3)C2)[C@@H]1c1ccc(OC)cc1. The molecule has 3 aromatic rings. The number of anilines is 2. The molecule has 0 fully saturated rings. The summed E-state index contributed by atoms with van der Waals surface area (Å²) in [5, 5.41) is 3.60. The third kappa shape index (κ3) is 5.42. The van der Waals surface area contributed by atoms with E-state index < -0.39 is 6.04 Å². The molecule has 0 saturated carbocycles. The van der Waals surface area contributed by atoms with E-state index in [0.717, 1.165) is 59.0 Å². The zero-order valence-corrected chi connectivity index (χ0v) is 22.9. The Morgan fingerprint density at radius 1 is 0.872 bits per heavy atom. The Balaban J connectivity index is 1.63. The van der Waals surface area contributed by atoms with Gasteiger partial charge in [0.05, 0.1) is 31.6 Å². The Kier molecular flexibility index (Phi) is 8.01. The van der Waals surface area contributed by atoms with Crippen molar-refractivity contribution in [2.75, 3.05) is 24.4 Å². The molecule has 5 rings (SSSR count). The van der Waals surface area contributed by atoms with Crippen molar-refractivity contribution in [3.8, 4) is 11.5 Å². The summed E-state index contributed by atoms with van der Waals surface area (Å²) < 4.78 is 10.7. The van der Waals surface area contributed by atoms with Gasteiger partial charge in [0.15, 0.2) is 5.78 Å². The molecule has 0 spiro atoms. The predicted octanol–water partition coefficient (Wildman–Crippen LogP) is 7.18. The average Bonchev–Trinajstić information content (AvgIpc) is 3.12. The van der Waals surface area contributed by atoms with E-state index in [9.17, 15) is 9.59 Å². The maximum absolute atomic E-state index is 14.1. The maximum Gasteiger partial charge on any atom is 0.227 e. The summed E-state index contributed by atoms with van der Waals surface area (Å²) in [5.74, 6) is 1.64. The fourth-order valence-electron chi connectivity index (χ4n) is 5.73. The van der Waals surface area contributed by atoms with Gasteiger partial charge < -0.3 is 14.8 Å². The number of benzene rings is 3. The monoisotopic (exact) mass is 524 g/mol. The Morgan fingerprint density at radius 3 is 2.15 bits per heavy atom. The molecule has 3 aromatic carbocycles. The minimum atomic E-state index is -0.527. The van der Waals surface area contributed by atoms with Gasteiger partial charge in [0.2, 0.25) is 5.91 Å². The van der Waals surface area contributed by atoms with Crippen LogP contribution >= 0.6 is 0 Å². The van der Waals surface area contributed by atoms with E-state index in [1.54, 1.807) is 14.2 Å². The number of nitrogens with zero attached hydrogens (tertiary/aromatic N) is 1. The molecule has 1 aliphatic heterocycles. The van der Waals surface area contributed by atoms with Crippen molar-refractivity contribution in [3.05, 3.63) is 95.2 Å². The van der Waals surface area contributed by atoms with Gasteiger partial charge in [0, 0.05) is 24.1 Å². The summed E-state index contributed by atoms with van der Waals surface area (Å²) in [5.41, 5.74) is 5.18. The van der Waals surface area contributed by atoms with E-state index in [4.69, 9.17) is 9.47 Å². The number of carbonyl (C=O) groups excluding carboxylic acids is 2. The standard InChI is InChI=1S/C33H36N2O4/c1-4-5-6-11-31(37)35-29-10-8-7-9-27(29)34-28-20-24(22-12-16-25(38-2)17-13-22)21-30(36)32(28)33(35)23-14-18-26(39-3)19-15-23/h7-10,12-19,24,33-34H,4-6,11,20-21H2,1-3H3/t24-,33-/m0/s1. The van der Waals surface area contributed by atoms with Crippen molar-refractivity contribution in [1.29, 1.82) is 0 Å². The molecule has 0 bridgehead atoms. The van der Waals surface area contributed by atoms with Crippen molar-refractivity contribution < 1.29 is 19.1 Å². The largest absolute Gasteiger partial charge is 0.497 e. The lowest BCUT2D eigenvalue weighted by Crippen LogP contribution is -2.38. The van der Waals surface area contributed by atoms with E-state index in [1.807, 2.05) is 77.7 Å². The molecular formula is C33H36N2O4. The molecule has 0 radical (unpaired) electrons. The van der Waals surface area contributed by atoms with Gasteiger partial charge in [-0.25, -0.2) is 0 Å². The highest BCUT2D eigenvalue weighted by Gasteiger charge is 2.41. The topological polar surface area (TPSA) is 67.9 Å². The number of hydrogen-bond acceptors (Lipinski definition) is 5. The van der Waals surface area contributed by atoms with Gasteiger partial charge in [-0.05, 0) is 66.3 Å². The Morgan fingerprint density at radius 2 is 1.51 bits per heavy atom. The van der Waals surface area contributed by atoms with Crippen LogP contribution in [0.25, 0.3) is 0 Å². The molecule has 1 heterocycles. The highest BCUT2D eigenvalue weighted by atomic mass is 16.5. The van der Waals surface area contributed by atoms with Gasteiger partial charge >= 0.3 is 0 Å². The van der Waals surface area contributed by atoms with E-state index in [0.29, 0.717) is 24.8 Å². The zero-order valence-electron chi connectivity index (χ0n) is 22.9. The summed E-state index contributed by atoms with van der Waals surface area (Å²) in [7, 11) is 3.28. The van der Waals surface area contributed by atoms with Crippen LogP contribution in [-0.4, -0.2) is 25.9 Å². The lowest BCUT2D eigenvalue weighted by Gasteiger charge is -2.35. The van der Waals surface area contributed by atoms with Crippen molar-refractivity contribution in [2.24, 2.45) is 0 Å². The number of Topliss-reactive ketones (excluding diaryl/α,β-unsaturated/α-hetero) is 1. The van der Waals surface area contributed by atoms with Crippen LogP contribution in [0.2, 0.25) is 0 Å². The van der Waals surface area contributed by atoms with Gasteiger partial charge in [0.25, 0.3) is 0 Å². The molecule has 202 valence electrons. The van der Waals surface area contributed by atoms with Crippen LogP contribution in [0.5, 0.6) is 11.5 Å². The summed E-state index contributed by atoms with van der Waals surface area (Å²) in [6.07, 6.45) is 4.33. The predicted molar refractivity (Wildman–Crippen MR) is 154 cm³/mol. The smallest absolute Gasteiger partial charge is 0.227 e. The molecule has 2 atom stereocenters. The second-order valence-corrected chi connectivity index (χ2v) is 10.2. The number of amides is 1. The number of carbonyl (C=O) groups is 2. The Bertz CT molecular complexity index is 1360. The highest BCUT2D eigenvalue weighted by molar-refractivity contribution is 6.06. The van der Waals surface area contributed by atoms with E-state index in [-0.39, 0.29) is 17.6 Å².